The predicted octanol–water partition coefficient (Wildman–Crippen LogP) is 2.92. The fourth-order valence-corrected chi connectivity index (χ4v) is 2.29. The second kappa shape index (κ2) is 4.96. The van der Waals surface area contributed by atoms with E-state index < -0.39 is 10.9 Å². The summed E-state index contributed by atoms with van der Waals surface area (Å²) in [5.41, 5.74) is 2.26. The van der Waals surface area contributed by atoms with E-state index in [1.54, 1.807) is 18.3 Å². The molecule has 0 unspecified atom stereocenters. The Hall–Kier alpha value is -3.22. The molecular weight excluding hydrogens is 286 g/mol. The molecule has 2 heterocycles. The lowest BCUT2D eigenvalue weighted by Crippen LogP contribution is -2.03. The number of aromatic nitrogens is 2. The Morgan fingerprint density at radius 2 is 1.95 bits per heavy atom. The van der Waals surface area contributed by atoms with Crippen LogP contribution in [0.5, 0.6) is 0 Å². The molecule has 0 aliphatic carbocycles. The molecule has 0 saturated carbocycles. The molecule has 7 heteroatoms. The summed E-state index contributed by atoms with van der Waals surface area (Å²) in [6.07, 6.45) is 1.65. The van der Waals surface area contributed by atoms with Gasteiger partial charge in [0.2, 0.25) is 0 Å². The molecule has 1 N–H and O–H groups in total. The monoisotopic (exact) mass is 297 g/mol. The van der Waals surface area contributed by atoms with Crippen LogP contribution in [0, 0.1) is 17.0 Å². The number of nitrogens with zero attached hydrogens (tertiary/aromatic N) is 3. The third-order valence-corrected chi connectivity index (χ3v) is 3.34. The highest BCUT2D eigenvalue weighted by Gasteiger charge is 2.20. The average molecular weight is 297 g/mol. The number of pyridine rings is 1. The van der Waals surface area contributed by atoms with Gasteiger partial charge < -0.3 is 5.11 Å². The van der Waals surface area contributed by atoms with Crippen molar-refractivity contribution in [3.05, 3.63) is 64.0 Å². The third kappa shape index (κ3) is 2.18. The largest absolute Gasteiger partial charge is 0.476 e. The molecule has 0 fully saturated rings. The number of carboxylic acids is 1. The standard InChI is InChI=1S/C15H11N3O4/c1-9-6-7-17-12(8-9)16-13(14(17)15(19)20)10-2-4-11(5-3-10)18(21)22/h2-8H,1H3,(H,19,20). The number of aromatic carboxylic acids is 1. The topological polar surface area (TPSA) is 97.7 Å². The van der Waals surface area contributed by atoms with Crippen molar-refractivity contribution in [3.63, 3.8) is 0 Å². The lowest BCUT2D eigenvalue weighted by molar-refractivity contribution is -0.384. The first-order chi connectivity index (χ1) is 10.5. The number of nitro groups is 1. The molecule has 2 aromatic heterocycles. The number of rotatable bonds is 3. The van der Waals surface area contributed by atoms with Gasteiger partial charge in [0.25, 0.3) is 5.69 Å². The first-order valence-corrected chi connectivity index (χ1v) is 6.44. The molecular formula is C15H11N3O4. The number of aryl methyl sites for hydroxylation is 1. The van der Waals surface area contributed by atoms with Crippen LogP contribution >= 0.6 is 0 Å². The highest BCUT2D eigenvalue weighted by Crippen LogP contribution is 2.26. The normalized spacial score (nSPS) is 10.8. The average Bonchev–Trinajstić information content (AvgIpc) is 2.85. The molecule has 0 amide bonds. The van der Waals surface area contributed by atoms with E-state index in [0.29, 0.717) is 11.2 Å². The van der Waals surface area contributed by atoms with E-state index in [9.17, 15) is 20.0 Å². The van der Waals surface area contributed by atoms with Gasteiger partial charge in [-0.3, -0.25) is 14.5 Å². The predicted molar refractivity (Wildman–Crippen MR) is 79.0 cm³/mol. The van der Waals surface area contributed by atoms with Gasteiger partial charge in [-0.15, -0.1) is 0 Å². The molecule has 3 rings (SSSR count). The summed E-state index contributed by atoms with van der Waals surface area (Å²) in [6, 6.07) is 9.23. The summed E-state index contributed by atoms with van der Waals surface area (Å²) < 4.78 is 1.49. The van der Waals surface area contributed by atoms with Crippen LogP contribution in [0.4, 0.5) is 5.69 Å². The van der Waals surface area contributed by atoms with Crippen LogP contribution in [0.25, 0.3) is 16.9 Å². The first kappa shape index (κ1) is 13.7. The Morgan fingerprint density at radius 3 is 2.55 bits per heavy atom. The Balaban J connectivity index is 2.23. The van der Waals surface area contributed by atoms with Crippen molar-refractivity contribution in [3.8, 4) is 11.3 Å². The van der Waals surface area contributed by atoms with Crippen molar-refractivity contribution >= 4 is 17.3 Å². The van der Waals surface area contributed by atoms with Crippen molar-refractivity contribution in [2.24, 2.45) is 0 Å². The SMILES string of the molecule is Cc1ccn2c(C(=O)O)c(-c3ccc([N+](=O)[O-])cc3)nc2c1. The molecule has 7 nitrogen and oxygen atoms in total. The zero-order chi connectivity index (χ0) is 15.9. The summed E-state index contributed by atoms with van der Waals surface area (Å²) in [5, 5.41) is 20.2. The molecule has 0 spiro atoms. The molecule has 0 bridgehead atoms. The van der Waals surface area contributed by atoms with Crippen LogP contribution in [0.1, 0.15) is 16.1 Å². The van der Waals surface area contributed by atoms with Gasteiger partial charge >= 0.3 is 5.97 Å². The third-order valence-electron chi connectivity index (χ3n) is 3.34. The number of non-ortho nitro benzene ring substituents is 1. The fourth-order valence-electron chi connectivity index (χ4n) is 2.29. The van der Waals surface area contributed by atoms with Crippen molar-refractivity contribution in [1.29, 1.82) is 0 Å². The zero-order valence-corrected chi connectivity index (χ0v) is 11.6. The molecule has 0 saturated heterocycles. The Labute approximate surface area is 124 Å². The number of fused-ring (bicyclic) bond motifs is 1. The Bertz CT molecular complexity index is 897. The second-order valence-corrected chi connectivity index (χ2v) is 4.85. The summed E-state index contributed by atoms with van der Waals surface area (Å²) in [7, 11) is 0. The Morgan fingerprint density at radius 1 is 1.27 bits per heavy atom. The summed E-state index contributed by atoms with van der Waals surface area (Å²) >= 11 is 0. The van der Waals surface area contributed by atoms with E-state index >= 15 is 0 Å². The van der Waals surface area contributed by atoms with E-state index in [0.717, 1.165) is 5.56 Å². The lowest BCUT2D eigenvalue weighted by Gasteiger charge is -2.00. The van der Waals surface area contributed by atoms with Gasteiger partial charge in [-0.2, -0.15) is 0 Å². The van der Waals surface area contributed by atoms with Crippen LogP contribution in [0.15, 0.2) is 42.6 Å². The number of imidazole rings is 1. The van der Waals surface area contributed by atoms with E-state index in [-0.39, 0.29) is 17.1 Å². The van der Waals surface area contributed by atoms with Crippen molar-refractivity contribution in [1.82, 2.24) is 9.38 Å². The Kier molecular flexibility index (Phi) is 3.10. The number of carbonyl (C=O) groups is 1. The van der Waals surface area contributed by atoms with Crippen molar-refractivity contribution in [2.75, 3.05) is 0 Å². The van der Waals surface area contributed by atoms with E-state index in [4.69, 9.17) is 0 Å². The molecule has 1 aromatic carbocycles. The zero-order valence-electron chi connectivity index (χ0n) is 11.6. The molecule has 22 heavy (non-hydrogen) atoms. The molecule has 0 atom stereocenters. The van der Waals surface area contributed by atoms with E-state index in [1.165, 1.54) is 28.7 Å². The molecule has 0 aliphatic heterocycles. The highest BCUT2D eigenvalue weighted by molar-refractivity contribution is 5.94. The van der Waals surface area contributed by atoms with Gasteiger partial charge in [0.1, 0.15) is 11.3 Å². The lowest BCUT2D eigenvalue weighted by atomic mass is 10.1. The van der Waals surface area contributed by atoms with Crippen LogP contribution < -0.4 is 0 Å². The maximum absolute atomic E-state index is 11.6. The molecule has 3 aromatic rings. The summed E-state index contributed by atoms with van der Waals surface area (Å²) in [5.74, 6) is -1.11. The van der Waals surface area contributed by atoms with Gasteiger partial charge in [0.05, 0.1) is 4.92 Å². The van der Waals surface area contributed by atoms with Gasteiger partial charge in [0.15, 0.2) is 5.69 Å². The van der Waals surface area contributed by atoms with Crippen molar-refractivity contribution < 1.29 is 14.8 Å². The van der Waals surface area contributed by atoms with Gasteiger partial charge in [-0.25, -0.2) is 9.78 Å². The maximum atomic E-state index is 11.6. The number of hydrogen-bond acceptors (Lipinski definition) is 4. The number of hydrogen-bond donors (Lipinski definition) is 1. The number of benzene rings is 1. The maximum Gasteiger partial charge on any atom is 0.355 e. The fraction of sp³-hybridized carbons (Fsp3) is 0.0667. The van der Waals surface area contributed by atoms with Crippen LogP contribution in [0.2, 0.25) is 0 Å². The molecule has 0 radical (unpaired) electrons. The highest BCUT2D eigenvalue weighted by atomic mass is 16.6. The first-order valence-electron chi connectivity index (χ1n) is 6.44. The number of carboxylic acid groups (broad SMARTS) is 1. The molecule has 0 aliphatic rings. The number of nitro benzene ring substituents is 1. The van der Waals surface area contributed by atoms with Crippen LogP contribution in [0.3, 0.4) is 0 Å². The quantitative estimate of drug-likeness (QED) is 0.592. The van der Waals surface area contributed by atoms with Gasteiger partial charge in [0, 0.05) is 23.9 Å². The smallest absolute Gasteiger partial charge is 0.355 e. The van der Waals surface area contributed by atoms with Crippen molar-refractivity contribution in [2.45, 2.75) is 6.92 Å². The minimum Gasteiger partial charge on any atom is -0.476 e. The van der Waals surface area contributed by atoms with Gasteiger partial charge in [-0.05, 0) is 36.8 Å². The van der Waals surface area contributed by atoms with Gasteiger partial charge in [-0.1, -0.05) is 0 Å². The summed E-state index contributed by atoms with van der Waals surface area (Å²) in [4.78, 5) is 26.1. The van der Waals surface area contributed by atoms with E-state index in [2.05, 4.69) is 4.98 Å². The minimum atomic E-state index is -1.11. The summed E-state index contributed by atoms with van der Waals surface area (Å²) in [6.45, 7) is 1.89. The minimum absolute atomic E-state index is 0.0313. The van der Waals surface area contributed by atoms with E-state index in [1.807, 2.05) is 6.92 Å². The second-order valence-electron chi connectivity index (χ2n) is 4.85. The van der Waals surface area contributed by atoms with Crippen LogP contribution in [-0.4, -0.2) is 25.4 Å². The van der Waals surface area contributed by atoms with Crippen LogP contribution in [-0.2, 0) is 0 Å². The molecule has 110 valence electrons.